The highest BCUT2D eigenvalue weighted by atomic mass is 16.5. The number of carbonyl (C=O) groups is 1. The summed E-state index contributed by atoms with van der Waals surface area (Å²) in [4.78, 5) is 10.8. The molecule has 0 aromatic heterocycles. The van der Waals surface area contributed by atoms with E-state index in [4.69, 9.17) is 14.6 Å². The number of hydrogen-bond acceptors (Lipinski definition) is 3. The van der Waals surface area contributed by atoms with Crippen molar-refractivity contribution in [3.05, 3.63) is 59.7 Å². The van der Waals surface area contributed by atoms with Crippen molar-refractivity contribution >= 4 is 5.97 Å². The third-order valence-corrected chi connectivity index (χ3v) is 4.76. The molecule has 0 amide bonds. The molecule has 0 unspecified atom stereocenters. The molecule has 0 atom stereocenters. The molecule has 1 N–H and O–H groups in total. The number of hydrogen-bond donors (Lipinski definition) is 1. The molecule has 0 aliphatic heterocycles. The third kappa shape index (κ3) is 6.63. The van der Waals surface area contributed by atoms with E-state index in [2.05, 4.69) is 32.9 Å². The maximum absolute atomic E-state index is 10.8. The van der Waals surface area contributed by atoms with Gasteiger partial charge >= 0.3 is 5.97 Å². The monoisotopic (exact) mass is 370 g/mol. The Morgan fingerprint density at radius 3 is 1.89 bits per heavy atom. The highest BCUT2D eigenvalue weighted by molar-refractivity contribution is 5.87. The first-order chi connectivity index (χ1) is 12.9. The second-order valence-corrected chi connectivity index (χ2v) is 7.39. The Hall–Kier alpha value is -2.49. The van der Waals surface area contributed by atoms with E-state index in [-0.39, 0.29) is 11.0 Å². The van der Waals surface area contributed by atoms with Crippen LogP contribution < -0.4 is 9.47 Å². The molecule has 0 saturated carbocycles. The standard InChI is InChI=1S/C23H30O4/c1-4-5-6-15-23(2,3)19-9-13-21(14-10-19)27-17-16-26-20-11-7-18(8-12-20)22(24)25/h7-14H,4-6,15-17H2,1-3H3,(H,24,25). The predicted octanol–water partition coefficient (Wildman–Crippen LogP) is 5.70. The van der Waals surface area contributed by atoms with Crippen molar-refractivity contribution in [3.8, 4) is 11.5 Å². The summed E-state index contributed by atoms with van der Waals surface area (Å²) in [6.07, 6.45) is 4.97. The van der Waals surface area contributed by atoms with Gasteiger partial charge in [0.1, 0.15) is 24.7 Å². The van der Waals surface area contributed by atoms with Crippen molar-refractivity contribution in [1.82, 2.24) is 0 Å². The van der Waals surface area contributed by atoms with E-state index < -0.39 is 5.97 Å². The quantitative estimate of drug-likeness (QED) is 0.515. The van der Waals surface area contributed by atoms with Crippen LogP contribution in [0.5, 0.6) is 11.5 Å². The zero-order valence-corrected chi connectivity index (χ0v) is 16.5. The number of ether oxygens (including phenoxy) is 2. The topological polar surface area (TPSA) is 55.8 Å². The number of carboxylic acids is 1. The van der Waals surface area contributed by atoms with Crippen LogP contribution in [0.25, 0.3) is 0 Å². The summed E-state index contributed by atoms with van der Waals surface area (Å²) in [5, 5.41) is 8.88. The van der Waals surface area contributed by atoms with Crippen molar-refractivity contribution in [2.24, 2.45) is 0 Å². The first kappa shape index (κ1) is 20.8. The fourth-order valence-corrected chi connectivity index (χ4v) is 2.98. The first-order valence-corrected chi connectivity index (χ1v) is 9.62. The minimum absolute atomic E-state index is 0.179. The van der Waals surface area contributed by atoms with Crippen LogP contribution in [-0.2, 0) is 5.41 Å². The lowest BCUT2D eigenvalue weighted by atomic mass is 9.80. The Morgan fingerprint density at radius 2 is 1.41 bits per heavy atom. The predicted molar refractivity (Wildman–Crippen MR) is 108 cm³/mol. The zero-order valence-electron chi connectivity index (χ0n) is 16.5. The second kappa shape index (κ2) is 10.0. The van der Waals surface area contributed by atoms with Gasteiger partial charge in [-0.3, -0.25) is 0 Å². The van der Waals surface area contributed by atoms with Crippen molar-refractivity contribution in [2.45, 2.75) is 51.9 Å². The van der Waals surface area contributed by atoms with E-state index in [1.807, 2.05) is 12.1 Å². The Labute approximate surface area is 162 Å². The van der Waals surface area contributed by atoms with Crippen molar-refractivity contribution in [3.63, 3.8) is 0 Å². The normalized spacial score (nSPS) is 11.2. The van der Waals surface area contributed by atoms with Crippen LogP contribution >= 0.6 is 0 Å². The molecule has 4 nitrogen and oxygen atoms in total. The lowest BCUT2D eigenvalue weighted by molar-refractivity contribution is 0.0697. The fraction of sp³-hybridized carbons (Fsp3) is 0.435. The van der Waals surface area contributed by atoms with E-state index in [0.29, 0.717) is 19.0 Å². The lowest BCUT2D eigenvalue weighted by Crippen LogP contribution is -2.17. The molecule has 2 aromatic carbocycles. The highest BCUT2D eigenvalue weighted by Gasteiger charge is 2.19. The smallest absolute Gasteiger partial charge is 0.335 e. The van der Waals surface area contributed by atoms with Crippen molar-refractivity contribution in [2.75, 3.05) is 13.2 Å². The molecule has 2 aromatic rings. The molecule has 0 heterocycles. The first-order valence-electron chi connectivity index (χ1n) is 9.62. The van der Waals surface area contributed by atoms with Gasteiger partial charge in [-0.25, -0.2) is 4.79 Å². The maximum atomic E-state index is 10.8. The van der Waals surface area contributed by atoms with Crippen LogP contribution in [0.15, 0.2) is 48.5 Å². The molecule has 0 aliphatic carbocycles. The molecule has 0 bridgehead atoms. The van der Waals surface area contributed by atoms with Crippen molar-refractivity contribution < 1.29 is 19.4 Å². The number of carboxylic acid groups (broad SMARTS) is 1. The van der Waals surface area contributed by atoms with E-state index in [1.54, 1.807) is 12.1 Å². The second-order valence-electron chi connectivity index (χ2n) is 7.39. The average Bonchev–Trinajstić information content (AvgIpc) is 2.66. The summed E-state index contributed by atoms with van der Waals surface area (Å²) in [7, 11) is 0. The van der Waals surface area contributed by atoms with Crippen LogP contribution in [0.2, 0.25) is 0 Å². The number of unbranched alkanes of at least 4 members (excludes halogenated alkanes) is 2. The van der Waals surface area contributed by atoms with Gasteiger partial charge in [0.15, 0.2) is 0 Å². The van der Waals surface area contributed by atoms with E-state index in [0.717, 1.165) is 5.75 Å². The van der Waals surface area contributed by atoms with Gasteiger partial charge < -0.3 is 14.6 Å². The Balaban J connectivity index is 1.77. The van der Waals surface area contributed by atoms with Gasteiger partial charge in [0, 0.05) is 0 Å². The molecule has 0 saturated heterocycles. The van der Waals surface area contributed by atoms with Crippen LogP contribution in [0, 0.1) is 0 Å². The van der Waals surface area contributed by atoms with Gasteiger partial charge in [0.25, 0.3) is 0 Å². The molecule has 0 radical (unpaired) electrons. The summed E-state index contributed by atoms with van der Waals surface area (Å²) in [6, 6.07) is 14.7. The molecule has 0 fully saturated rings. The summed E-state index contributed by atoms with van der Waals surface area (Å²) in [6.45, 7) is 7.65. The molecule has 27 heavy (non-hydrogen) atoms. The van der Waals surface area contributed by atoms with E-state index in [9.17, 15) is 4.79 Å². The largest absolute Gasteiger partial charge is 0.490 e. The minimum atomic E-state index is -0.943. The molecular weight excluding hydrogens is 340 g/mol. The van der Waals surface area contributed by atoms with Crippen LogP contribution in [0.3, 0.4) is 0 Å². The molecular formula is C23H30O4. The SMILES string of the molecule is CCCCCC(C)(C)c1ccc(OCCOc2ccc(C(=O)O)cc2)cc1. The van der Waals surface area contributed by atoms with Crippen LogP contribution in [0.1, 0.15) is 62.4 Å². The van der Waals surface area contributed by atoms with Gasteiger partial charge in [-0.05, 0) is 53.8 Å². The molecule has 0 spiro atoms. The Morgan fingerprint density at radius 1 is 0.889 bits per heavy atom. The number of aromatic carboxylic acids is 1. The van der Waals surface area contributed by atoms with Gasteiger partial charge in [-0.2, -0.15) is 0 Å². The van der Waals surface area contributed by atoms with Gasteiger partial charge in [-0.15, -0.1) is 0 Å². The molecule has 4 heteroatoms. The molecule has 146 valence electrons. The number of benzene rings is 2. The van der Waals surface area contributed by atoms with Gasteiger partial charge in [-0.1, -0.05) is 52.2 Å². The maximum Gasteiger partial charge on any atom is 0.335 e. The summed E-state index contributed by atoms with van der Waals surface area (Å²) >= 11 is 0. The Bertz CT molecular complexity index is 702. The van der Waals surface area contributed by atoms with E-state index >= 15 is 0 Å². The summed E-state index contributed by atoms with van der Waals surface area (Å²) < 4.78 is 11.3. The highest BCUT2D eigenvalue weighted by Crippen LogP contribution is 2.30. The third-order valence-electron chi connectivity index (χ3n) is 4.76. The Kier molecular flexibility index (Phi) is 7.71. The van der Waals surface area contributed by atoms with Crippen LogP contribution in [0.4, 0.5) is 0 Å². The van der Waals surface area contributed by atoms with Gasteiger partial charge in [0.2, 0.25) is 0 Å². The van der Waals surface area contributed by atoms with Gasteiger partial charge in [0.05, 0.1) is 5.56 Å². The summed E-state index contributed by atoms with van der Waals surface area (Å²) in [5.41, 5.74) is 1.76. The summed E-state index contributed by atoms with van der Waals surface area (Å²) in [5.74, 6) is 0.516. The van der Waals surface area contributed by atoms with Crippen LogP contribution in [-0.4, -0.2) is 24.3 Å². The average molecular weight is 370 g/mol. The lowest BCUT2D eigenvalue weighted by Gasteiger charge is -2.25. The van der Waals surface area contributed by atoms with E-state index in [1.165, 1.54) is 43.4 Å². The minimum Gasteiger partial charge on any atom is -0.490 e. The van der Waals surface area contributed by atoms with Crippen molar-refractivity contribution in [1.29, 1.82) is 0 Å². The zero-order chi connectivity index (χ0) is 19.7. The number of rotatable bonds is 11. The molecule has 2 rings (SSSR count). The fourth-order valence-electron chi connectivity index (χ4n) is 2.98. The molecule has 0 aliphatic rings.